The minimum atomic E-state index is 0.417. The van der Waals surface area contributed by atoms with Crippen LogP contribution in [0.5, 0.6) is 5.75 Å². The number of para-hydroxylation sites is 2. The topological polar surface area (TPSA) is 76.4 Å². The van der Waals surface area contributed by atoms with E-state index in [-0.39, 0.29) is 0 Å². The molecule has 0 amide bonds. The number of ether oxygens (including phenoxy) is 1. The summed E-state index contributed by atoms with van der Waals surface area (Å²) >= 11 is 5.26. The first kappa shape index (κ1) is 19.5. The van der Waals surface area contributed by atoms with Gasteiger partial charge in [0.15, 0.2) is 5.11 Å². The quantitative estimate of drug-likeness (QED) is 0.283. The van der Waals surface area contributed by atoms with Crippen molar-refractivity contribution in [3.05, 3.63) is 83.9 Å². The van der Waals surface area contributed by atoms with Gasteiger partial charge in [0.1, 0.15) is 11.3 Å². The van der Waals surface area contributed by atoms with Crippen molar-refractivity contribution >= 4 is 40.3 Å². The van der Waals surface area contributed by atoms with E-state index in [0.29, 0.717) is 11.7 Å². The van der Waals surface area contributed by atoms with Crippen LogP contribution in [0.1, 0.15) is 11.1 Å². The molecule has 3 aromatic carbocycles. The molecule has 2 N–H and O–H groups in total. The third kappa shape index (κ3) is 4.61. The SMILES string of the molecule is COc1ccc(/C=N\NC(=S)Nc2ccccc2)cc1Cn1nnc2ccccc21. The zero-order valence-electron chi connectivity index (χ0n) is 16.3. The fraction of sp³-hybridized carbons (Fsp3) is 0.0909. The van der Waals surface area contributed by atoms with Crippen LogP contribution < -0.4 is 15.5 Å². The normalized spacial score (nSPS) is 11.0. The molecule has 0 atom stereocenters. The maximum Gasteiger partial charge on any atom is 0.191 e. The molecule has 4 rings (SSSR count). The molecule has 0 aliphatic carbocycles. The largest absolute Gasteiger partial charge is 0.496 e. The number of hydrogen-bond acceptors (Lipinski definition) is 5. The summed E-state index contributed by atoms with van der Waals surface area (Å²) in [6.07, 6.45) is 1.71. The number of hydrogen-bond donors (Lipinski definition) is 2. The number of anilines is 1. The first-order valence-corrected chi connectivity index (χ1v) is 9.74. The van der Waals surface area contributed by atoms with Gasteiger partial charge in [0.05, 0.1) is 25.4 Å². The number of nitrogens with zero attached hydrogens (tertiary/aromatic N) is 4. The number of hydrazone groups is 1. The van der Waals surface area contributed by atoms with Crippen molar-refractivity contribution in [3.63, 3.8) is 0 Å². The van der Waals surface area contributed by atoms with Crippen molar-refractivity contribution < 1.29 is 4.74 Å². The van der Waals surface area contributed by atoms with Crippen LogP contribution in [0, 0.1) is 0 Å². The van der Waals surface area contributed by atoms with Gasteiger partial charge < -0.3 is 10.1 Å². The van der Waals surface area contributed by atoms with Crippen LogP contribution in [0.3, 0.4) is 0 Å². The monoisotopic (exact) mass is 416 g/mol. The number of rotatable bonds is 6. The number of fused-ring (bicyclic) bond motifs is 1. The van der Waals surface area contributed by atoms with Crippen molar-refractivity contribution in [3.8, 4) is 5.75 Å². The molecular weight excluding hydrogens is 396 g/mol. The molecule has 1 heterocycles. The average Bonchev–Trinajstić information content (AvgIpc) is 3.18. The highest BCUT2D eigenvalue weighted by atomic mass is 32.1. The van der Waals surface area contributed by atoms with Crippen molar-refractivity contribution in [2.75, 3.05) is 12.4 Å². The lowest BCUT2D eigenvalue weighted by Crippen LogP contribution is -2.23. The Morgan fingerprint density at radius 1 is 1.10 bits per heavy atom. The highest BCUT2D eigenvalue weighted by molar-refractivity contribution is 7.80. The molecule has 1 aromatic heterocycles. The Morgan fingerprint density at radius 3 is 2.73 bits per heavy atom. The number of aromatic nitrogens is 3. The summed E-state index contributed by atoms with van der Waals surface area (Å²) in [4.78, 5) is 0. The van der Waals surface area contributed by atoms with E-state index in [1.165, 1.54) is 0 Å². The van der Waals surface area contributed by atoms with Gasteiger partial charge in [0, 0.05) is 11.3 Å². The summed E-state index contributed by atoms with van der Waals surface area (Å²) in [7, 11) is 1.65. The fourth-order valence-corrected chi connectivity index (χ4v) is 3.21. The van der Waals surface area contributed by atoms with Crippen LogP contribution in [0.2, 0.25) is 0 Å². The Bertz CT molecular complexity index is 1190. The van der Waals surface area contributed by atoms with E-state index in [1.807, 2.05) is 77.5 Å². The average molecular weight is 417 g/mol. The van der Waals surface area contributed by atoms with Gasteiger partial charge in [-0.1, -0.05) is 35.5 Å². The van der Waals surface area contributed by atoms with Crippen LogP contribution in [0.25, 0.3) is 11.0 Å². The third-order valence-electron chi connectivity index (χ3n) is 4.46. The highest BCUT2D eigenvalue weighted by Gasteiger charge is 2.09. The van der Waals surface area contributed by atoms with Gasteiger partial charge in [-0.2, -0.15) is 5.10 Å². The Morgan fingerprint density at radius 2 is 1.90 bits per heavy atom. The standard InChI is InChI=1S/C22H20N6OS/c1-29-21-12-11-16(14-23-26-22(30)24-18-7-3-2-4-8-18)13-17(21)15-28-20-10-6-5-9-19(20)25-27-28/h2-14H,15H2,1H3,(H2,24,26,30)/b23-14-. The van der Waals surface area contributed by atoms with E-state index in [9.17, 15) is 0 Å². The minimum absolute atomic E-state index is 0.417. The maximum atomic E-state index is 5.52. The van der Waals surface area contributed by atoms with E-state index in [1.54, 1.807) is 13.3 Å². The minimum Gasteiger partial charge on any atom is -0.496 e. The summed E-state index contributed by atoms with van der Waals surface area (Å²) in [5, 5.41) is 16.2. The number of thiocarbonyl (C=S) groups is 1. The predicted molar refractivity (Wildman–Crippen MR) is 123 cm³/mol. The van der Waals surface area contributed by atoms with E-state index in [4.69, 9.17) is 17.0 Å². The van der Waals surface area contributed by atoms with E-state index < -0.39 is 0 Å². The van der Waals surface area contributed by atoms with Crippen LogP contribution in [0.15, 0.2) is 77.9 Å². The van der Waals surface area contributed by atoms with Crippen LogP contribution in [0.4, 0.5) is 5.69 Å². The molecule has 4 aromatic rings. The van der Waals surface area contributed by atoms with Gasteiger partial charge in [-0.15, -0.1) is 5.10 Å². The van der Waals surface area contributed by atoms with Crippen LogP contribution >= 0.6 is 12.2 Å². The summed E-state index contributed by atoms with van der Waals surface area (Å²) in [6, 6.07) is 23.4. The summed E-state index contributed by atoms with van der Waals surface area (Å²) in [5.74, 6) is 0.779. The summed E-state index contributed by atoms with van der Waals surface area (Å²) < 4.78 is 7.37. The zero-order chi connectivity index (χ0) is 20.8. The fourth-order valence-electron chi connectivity index (χ4n) is 3.04. The number of methoxy groups -OCH3 is 1. The van der Waals surface area contributed by atoms with Gasteiger partial charge >= 0.3 is 0 Å². The lowest BCUT2D eigenvalue weighted by molar-refractivity contribution is 0.407. The van der Waals surface area contributed by atoms with E-state index >= 15 is 0 Å². The highest BCUT2D eigenvalue weighted by Crippen LogP contribution is 2.22. The maximum absolute atomic E-state index is 5.52. The van der Waals surface area contributed by atoms with Gasteiger partial charge in [0.2, 0.25) is 0 Å². The Balaban J connectivity index is 1.47. The first-order chi connectivity index (χ1) is 14.7. The van der Waals surface area contributed by atoms with Crippen molar-refractivity contribution in [1.29, 1.82) is 0 Å². The summed E-state index contributed by atoms with van der Waals surface area (Å²) in [6.45, 7) is 0.534. The van der Waals surface area contributed by atoms with Gasteiger partial charge in [-0.05, 0) is 60.2 Å². The Kier molecular flexibility index (Phi) is 5.95. The van der Waals surface area contributed by atoms with E-state index in [0.717, 1.165) is 33.6 Å². The molecule has 7 nitrogen and oxygen atoms in total. The molecule has 30 heavy (non-hydrogen) atoms. The summed E-state index contributed by atoms with van der Waals surface area (Å²) in [5.41, 5.74) is 7.44. The smallest absolute Gasteiger partial charge is 0.191 e. The molecule has 0 saturated heterocycles. The molecule has 0 aliphatic rings. The Labute approximate surface area is 179 Å². The Hall–Kier alpha value is -3.78. The van der Waals surface area contributed by atoms with Gasteiger partial charge in [0.25, 0.3) is 0 Å². The third-order valence-corrected chi connectivity index (χ3v) is 4.65. The molecule has 8 heteroatoms. The molecule has 0 fully saturated rings. The van der Waals surface area contributed by atoms with Gasteiger partial charge in [-0.3, -0.25) is 5.43 Å². The van der Waals surface area contributed by atoms with Crippen molar-refractivity contribution in [1.82, 2.24) is 20.4 Å². The van der Waals surface area contributed by atoms with Crippen molar-refractivity contribution in [2.45, 2.75) is 6.54 Å². The first-order valence-electron chi connectivity index (χ1n) is 9.33. The molecular formula is C22H20N6OS. The van der Waals surface area contributed by atoms with E-state index in [2.05, 4.69) is 26.2 Å². The molecule has 0 saturated carbocycles. The molecule has 0 aliphatic heterocycles. The molecule has 0 spiro atoms. The second-order valence-electron chi connectivity index (χ2n) is 6.50. The van der Waals surface area contributed by atoms with Crippen LogP contribution in [-0.2, 0) is 6.54 Å². The molecule has 0 radical (unpaired) electrons. The second kappa shape index (κ2) is 9.15. The van der Waals surface area contributed by atoms with Crippen LogP contribution in [-0.4, -0.2) is 33.4 Å². The second-order valence-corrected chi connectivity index (χ2v) is 6.91. The predicted octanol–water partition coefficient (Wildman–Crippen LogP) is 3.81. The lowest BCUT2D eigenvalue weighted by atomic mass is 10.1. The number of benzene rings is 3. The lowest BCUT2D eigenvalue weighted by Gasteiger charge is -2.10. The molecule has 0 unspecified atom stereocenters. The zero-order valence-corrected chi connectivity index (χ0v) is 17.1. The molecule has 0 bridgehead atoms. The van der Waals surface area contributed by atoms with Gasteiger partial charge in [-0.25, -0.2) is 4.68 Å². The van der Waals surface area contributed by atoms with Crippen molar-refractivity contribution in [2.24, 2.45) is 5.10 Å². The molecule has 150 valence electrons. The number of nitrogens with one attached hydrogen (secondary N) is 2.